The minimum Gasteiger partial charge on any atom is -0.389 e. The summed E-state index contributed by atoms with van der Waals surface area (Å²) in [5.74, 6) is -1.82. The van der Waals surface area contributed by atoms with Gasteiger partial charge in [0.15, 0.2) is 9.84 Å². The number of carbonyl (C=O) groups is 2. The number of aliphatic hydroxyl groups excluding tert-OH is 2. The maximum absolute atomic E-state index is 14.3. The van der Waals surface area contributed by atoms with E-state index in [4.69, 9.17) is 4.74 Å². The van der Waals surface area contributed by atoms with Crippen LogP contribution in [0.4, 0.5) is 0 Å². The van der Waals surface area contributed by atoms with Crippen LogP contribution in [0.5, 0.6) is 0 Å². The number of hydrogen-bond acceptors (Lipinski definition) is 9. The van der Waals surface area contributed by atoms with E-state index < -0.39 is 51.9 Å². The molecule has 0 aromatic heterocycles. The number of hydrogen-bond donors (Lipinski definition) is 5. The predicted octanol–water partition coefficient (Wildman–Crippen LogP) is 4.19. The average Bonchev–Trinajstić information content (AvgIpc) is 3.65. The molecule has 5 N–H and O–H groups in total. The number of amides is 2. The van der Waals surface area contributed by atoms with Crippen LogP contribution >= 0.6 is 24.8 Å². The van der Waals surface area contributed by atoms with Crippen LogP contribution in [0.2, 0.25) is 0 Å². The second-order valence-corrected chi connectivity index (χ2v) is 17.6. The summed E-state index contributed by atoms with van der Waals surface area (Å²) < 4.78 is 32.6. The average molecular weight is 816 g/mol. The fraction of sp³-hybridized carbons (Fsp3) is 0.700. The van der Waals surface area contributed by atoms with Gasteiger partial charge in [-0.3, -0.25) is 14.5 Å². The summed E-state index contributed by atoms with van der Waals surface area (Å²) in [7, 11) is -3.62. The first kappa shape index (κ1) is 46.4. The molecule has 6 atom stereocenters. The minimum atomic E-state index is -3.62. The molecule has 3 aliphatic rings. The van der Waals surface area contributed by atoms with E-state index in [2.05, 4.69) is 20.9 Å². The van der Waals surface area contributed by atoms with Gasteiger partial charge in [-0.25, -0.2) is 8.42 Å². The highest BCUT2D eigenvalue weighted by atomic mass is 35.5. The van der Waals surface area contributed by atoms with Crippen molar-refractivity contribution in [3.05, 3.63) is 48.0 Å². The summed E-state index contributed by atoms with van der Waals surface area (Å²) in [6.45, 7) is 5.56. The van der Waals surface area contributed by atoms with E-state index in [1.54, 1.807) is 0 Å². The number of fused-ring (bicyclic) bond motifs is 1. The third-order valence-corrected chi connectivity index (χ3v) is 13.1. The van der Waals surface area contributed by atoms with E-state index in [1.807, 2.05) is 49.4 Å². The van der Waals surface area contributed by atoms with E-state index in [0.717, 1.165) is 67.8 Å². The molecule has 2 aliphatic heterocycles. The molecule has 5 rings (SSSR count). The Hall–Kier alpha value is -2.03. The fourth-order valence-corrected chi connectivity index (χ4v) is 10.2. The number of β-amino-alcohol motifs (C(OH)–C–C–N with tert-alkyl or cyclic N) is 1. The van der Waals surface area contributed by atoms with Crippen LogP contribution in [0.3, 0.4) is 0 Å². The van der Waals surface area contributed by atoms with Crippen LogP contribution in [0.15, 0.2) is 42.5 Å². The number of aliphatic hydroxyl groups is 2. The van der Waals surface area contributed by atoms with Gasteiger partial charge in [0.2, 0.25) is 11.8 Å². The Bertz CT molecular complexity index is 1530. The van der Waals surface area contributed by atoms with Crippen molar-refractivity contribution in [2.24, 2.45) is 11.8 Å². The van der Waals surface area contributed by atoms with Gasteiger partial charge in [-0.1, -0.05) is 94.3 Å². The summed E-state index contributed by atoms with van der Waals surface area (Å²) in [5.41, 5.74) is 0.881. The first-order valence-electron chi connectivity index (χ1n) is 19.8. The van der Waals surface area contributed by atoms with Crippen molar-refractivity contribution in [2.75, 3.05) is 50.9 Å². The smallest absolute Gasteiger partial charge is 0.242 e. The highest BCUT2D eigenvalue weighted by Crippen LogP contribution is 2.29. The van der Waals surface area contributed by atoms with Gasteiger partial charge in [0.25, 0.3) is 0 Å². The maximum Gasteiger partial charge on any atom is 0.242 e. The van der Waals surface area contributed by atoms with Crippen LogP contribution < -0.4 is 16.0 Å². The molecular formula is C40H64Cl2N4O7S. The molecule has 54 heavy (non-hydrogen) atoms. The number of rotatable bonds is 19. The fourth-order valence-electron chi connectivity index (χ4n) is 8.28. The van der Waals surface area contributed by atoms with Crippen LogP contribution in [-0.4, -0.2) is 117 Å². The van der Waals surface area contributed by atoms with Gasteiger partial charge in [0, 0.05) is 25.7 Å². The molecule has 0 radical (unpaired) electrons. The lowest BCUT2D eigenvalue weighted by Crippen LogP contribution is -2.57. The molecule has 2 heterocycles. The van der Waals surface area contributed by atoms with Gasteiger partial charge in [-0.2, -0.15) is 0 Å². The van der Waals surface area contributed by atoms with Crippen molar-refractivity contribution in [1.82, 2.24) is 20.9 Å². The third-order valence-electron chi connectivity index (χ3n) is 11.3. The molecule has 2 aromatic rings. The molecule has 1 aliphatic carbocycles. The monoisotopic (exact) mass is 814 g/mol. The number of unbranched alkanes of at least 4 members (excludes halogenated alkanes) is 1. The number of sulfone groups is 1. The molecule has 11 nitrogen and oxygen atoms in total. The van der Waals surface area contributed by atoms with E-state index in [0.29, 0.717) is 51.5 Å². The van der Waals surface area contributed by atoms with Crippen molar-refractivity contribution in [3.8, 4) is 0 Å². The normalized spacial score (nSPS) is 21.2. The van der Waals surface area contributed by atoms with Crippen molar-refractivity contribution in [3.63, 3.8) is 0 Å². The zero-order valence-corrected chi connectivity index (χ0v) is 34.3. The summed E-state index contributed by atoms with van der Waals surface area (Å²) in [4.78, 5) is 30.5. The molecule has 1 saturated carbocycles. The molecular weight excluding hydrogens is 751 g/mol. The minimum absolute atomic E-state index is 0. The van der Waals surface area contributed by atoms with Gasteiger partial charge >= 0.3 is 0 Å². The summed E-state index contributed by atoms with van der Waals surface area (Å²) in [6, 6.07) is 12.0. The Labute approximate surface area is 334 Å². The Morgan fingerprint density at radius 2 is 1.67 bits per heavy atom. The van der Waals surface area contributed by atoms with Crippen molar-refractivity contribution < 1.29 is 33.0 Å². The van der Waals surface area contributed by atoms with Crippen molar-refractivity contribution >= 4 is 57.2 Å². The molecule has 2 saturated heterocycles. The number of morpholine rings is 1. The second-order valence-electron chi connectivity index (χ2n) is 15.4. The zero-order chi connectivity index (χ0) is 36.9. The van der Waals surface area contributed by atoms with Gasteiger partial charge in [0.05, 0.1) is 42.8 Å². The van der Waals surface area contributed by atoms with Gasteiger partial charge in [-0.05, 0) is 60.9 Å². The number of carbonyl (C=O) groups excluding carboxylic acids is 2. The van der Waals surface area contributed by atoms with Gasteiger partial charge < -0.3 is 30.9 Å². The first-order chi connectivity index (χ1) is 25.1. The van der Waals surface area contributed by atoms with Crippen LogP contribution in [0.1, 0.15) is 83.1 Å². The number of ether oxygens (including phenoxy) is 1. The molecule has 2 amide bonds. The lowest BCUT2D eigenvalue weighted by atomic mass is 9.83. The molecule has 0 bridgehead atoms. The van der Waals surface area contributed by atoms with Crippen LogP contribution in [0.25, 0.3) is 10.8 Å². The number of nitrogens with one attached hydrogen (secondary N) is 3. The summed E-state index contributed by atoms with van der Waals surface area (Å²) >= 11 is 0. The number of nitrogens with zero attached hydrogens (tertiary/aromatic N) is 1. The quantitative estimate of drug-likeness (QED) is 0.140. The van der Waals surface area contributed by atoms with E-state index in [9.17, 15) is 28.2 Å². The van der Waals surface area contributed by atoms with Gasteiger partial charge in [0.1, 0.15) is 12.1 Å². The SMILES string of the molecule is CCCC[C@H](NC(=O)[C@H](Cc1cccc2ccccc12)CS(=O)(=O)C[C@@H]1CCCN1)C(=O)N[C@@H](CC1CCCCC1)[C@@H](O)[C@@H](O)CN1CCOCC1.Cl.Cl. The Kier molecular flexibility index (Phi) is 20.0. The second kappa shape index (κ2) is 23.3. The standard InChI is InChI=1S/C40H62N4O7S.2ClH/c1-2-3-18-35(40(48)43-36(24-29-11-5-4-6-12-29)38(46)37(45)26-44-20-22-51-23-21-44)42-39(47)32(27-52(49,50)28-33-16-10-19-41-33)25-31-15-9-14-30-13-7-8-17-34(30)31;;/h7-9,13-15,17,29,32-33,35-38,41,45-46H,2-6,10-12,16,18-28H2,1H3,(H,42,47)(H,43,48);2*1H/t32-,33+,35+,36+,37+,38-;;/m1../s1. The third kappa shape index (κ3) is 14.2. The molecule has 306 valence electrons. The predicted molar refractivity (Wildman–Crippen MR) is 219 cm³/mol. The highest BCUT2D eigenvalue weighted by molar-refractivity contribution is 7.91. The number of halogens is 2. The van der Waals surface area contributed by atoms with E-state index >= 15 is 0 Å². The van der Waals surface area contributed by atoms with Crippen LogP contribution in [-0.2, 0) is 30.6 Å². The molecule has 0 unspecified atom stereocenters. The molecule has 14 heteroatoms. The van der Waals surface area contributed by atoms with Gasteiger partial charge in [-0.15, -0.1) is 24.8 Å². The van der Waals surface area contributed by atoms with Crippen molar-refractivity contribution in [2.45, 2.75) is 114 Å². The first-order valence-corrected chi connectivity index (χ1v) is 21.6. The lowest BCUT2D eigenvalue weighted by Gasteiger charge is -2.35. The molecule has 2 aromatic carbocycles. The van der Waals surface area contributed by atoms with Crippen LogP contribution in [0, 0.1) is 11.8 Å². The van der Waals surface area contributed by atoms with E-state index in [-0.39, 0.29) is 55.3 Å². The maximum atomic E-state index is 14.3. The zero-order valence-electron chi connectivity index (χ0n) is 31.8. The summed E-state index contributed by atoms with van der Waals surface area (Å²) in [6.07, 6.45) is 7.45. The Balaban J connectivity index is 0.00000392. The Morgan fingerprint density at radius 1 is 0.944 bits per heavy atom. The topological polar surface area (TPSA) is 157 Å². The molecule has 3 fully saturated rings. The summed E-state index contributed by atoms with van der Waals surface area (Å²) in [5, 5.41) is 34.0. The van der Waals surface area contributed by atoms with Crippen molar-refractivity contribution in [1.29, 1.82) is 0 Å². The lowest BCUT2D eigenvalue weighted by molar-refractivity contribution is -0.132. The largest absolute Gasteiger partial charge is 0.389 e. The molecule has 0 spiro atoms. The van der Waals surface area contributed by atoms with E-state index in [1.165, 1.54) is 6.42 Å². The number of benzene rings is 2. The highest BCUT2D eigenvalue weighted by Gasteiger charge is 2.35. The Morgan fingerprint density at radius 3 is 2.37 bits per heavy atom.